The molecule has 0 radical (unpaired) electrons. The number of carbonyl (C=O) groups is 1. The molecular formula is C21H21N3O. The summed E-state index contributed by atoms with van der Waals surface area (Å²) in [6, 6.07) is 16.3. The Kier molecular flexibility index (Phi) is 3.61. The summed E-state index contributed by atoms with van der Waals surface area (Å²) in [5.74, 6) is -0.0899. The zero-order valence-electron chi connectivity index (χ0n) is 14.7. The number of nitrogens with zero attached hydrogens (tertiary/aromatic N) is 2. The summed E-state index contributed by atoms with van der Waals surface area (Å²) in [5, 5.41) is 5.26. The number of amides is 1. The van der Waals surface area contributed by atoms with Crippen molar-refractivity contribution in [3.63, 3.8) is 0 Å². The molecule has 2 aromatic heterocycles. The zero-order chi connectivity index (χ0) is 17.6. The Balaban J connectivity index is 1.70. The minimum Gasteiger partial charge on any atom is -0.351 e. The van der Waals surface area contributed by atoms with Gasteiger partial charge in [0.2, 0.25) is 0 Å². The van der Waals surface area contributed by atoms with E-state index in [9.17, 15) is 4.79 Å². The normalized spacial score (nSPS) is 11.5. The van der Waals surface area contributed by atoms with Crippen LogP contribution in [-0.4, -0.2) is 15.0 Å². The third kappa shape index (κ3) is 2.60. The lowest BCUT2D eigenvalue weighted by atomic mass is 10.1. The van der Waals surface area contributed by atoms with Gasteiger partial charge in [0.1, 0.15) is 0 Å². The smallest absolute Gasteiger partial charge is 0.255 e. The van der Waals surface area contributed by atoms with E-state index in [1.165, 1.54) is 0 Å². The molecular weight excluding hydrogens is 310 g/mol. The fourth-order valence-corrected chi connectivity index (χ4v) is 3.35. The van der Waals surface area contributed by atoms with Crippen LogP contribution in [0, 0.1) is 0 Å². The predicted molar refractivity (Wildman–Crippen MR) is 103 cm³/mol. The van der Waals surface area contributed by atoms with Gasteiger partial charge in [0.25, 0.3) is 5.91 Å². The number of fused-ring (bicyclic) bond motifs is 2. The van der Waals surface area contributed by atoms with Crippen molar-refractivity contribution in [2.24, 2.45) is 7.05 Å². The Morgan fingerprint density at radius 3 is 2.64 bits per heavy atom. The van der Waals surface area contributed by atoms with E-state index < -0.39 is 0 Å². The highest BCUT2D eigenvalue weighted by molar-refractivity contribution is 6.10. The molecule has 4 rings (SSSR count). The van der Waals surface area contributed by atoms with E-state index in [-0.39, 0.29) is 5.91 Å². The van der Waals surface area contributed by atoms with E-state index in [4.69, 9.17) is 0 Å². The molecule has 126 valence electrons. The lowest BCUT2D eigenvalue weighted by Gasteiger charge is -2.11. The van der Waals surface area contributed by atoms with Crippen LogP contribution in [0.1, 0.15) is 30.2 Å². The second-order valence-electron chi connectivity index (χ2n) is 6.71. The van der Waals surface area contributed by atoms with E-state index in [1.807, 2.05) is 54.2 Å². The molecule has 25 heavy (non-hydrogen) atoms. The third-order valence-corrected chi connectivity index (χ3v) is 4.72. The van der Waals surface area contributed by atoms with Crippen molar-refractivity contribution in [3.8, 4) is 0 Å². The van der Waals surface area contributed by atoms with Gasteiger partial charge in [-0.3, -0.25) is 4.79 Å². The first-order valence-electron chi connectivity index (χ1n) is 8.50. The van der Waals surface area contributed by atoms with Crippen LogP contribution in [-0.2, 0) is 7.05 Å². The van der Waals surface area contributed by atoms with Crippen molar-refractivity contribution in [2.75, 3.05) is 5.32 Å². The molecule has 0 aliphatic heterocycles. The third-order valence-electron chi connectivity index (χ3n) is 4.72. The Labute approximate surface area is 146 Å². The number of carbonyl (C=O) groups excluding carboxylic acids is 1. The van der Waals surface area contributed by atoms with Gasteiger partial charge in [0.05, 0.1) is 11.2 Å². The average molecular weight is 331 g/mol. The van der Waals surface area contributed by atoms with E-state index in [2.05, 4.69) is 42.1 Å². The Bertz CT molecular complexity index is 1090. The van der Waals surface area contributed by atoms with Crippen LogP contribution >= 0.6 is 0 Å². The molecule has 0 spiro atoms. The number of anilines is 1. The van der Waals surface area contributed by atoms with Crippen LogP contribution in [0.25, 0.3) is 21.8 Å². The van der Waals surface area contributed by atoms with Gasteiger partial charge in [0, 0.05) is 41.9 Å². The quantitative estimate of drug-likeness (QED) is 0.566. The van der Waals surface area contributed by atoms with Gasteiger partial charge < -0.3 is 14.5 Å². The molecule has 2 aromatic carbocycles. The Morgan fingerprint density at radius 2 is 1.84 bits per heavy atom. The number of nitrogens with one attached hydrogen (secondary N) is 1. The van der Waals surface area contributed by atoms with Gasteiger partial charge in [-0.1, -0.05) is 12.1 Å². The Hall–Kier alpha value is -3.01. The van der Waals surface area contributed by atoms with Crippen molar-refractivity contribution < 1.29 is 4.79 Å². The second-order valence-corrected chi connectivity index (χ2v) is 6.71. The molecule has 4 nitrogen and oxygen atoms in total. The molecule has 1 N–H and O–H groups in total. The van der Waals surface area contributed by atoms with Crippen molar-refractivity contribution in [1.82, 2.24) is 9.13 Å². The fraction of sp³-hybridized carbons (Fsp3) is 0.190. The minimum atomic E-state index is -0.0899. The summed E-state index contributed by atoms with van der Waals surface area (Å²) in [7, 11) is 1.99. The molecule has 0 atom stereocenters. The molecule has 4 heteroatoms. The fourth-order valence-electron chi connectivity index (χ4n) is 3.35. The first-order chi connectivity index (χ1) is 12.0. The highest BCUT2D eigenvalue weighted by Gasteiger charge is 2.12. The van der Waals surface area contributed by atoms with Crippen LogP contribution in [0.5, 0.6) is 0 Å². The first-order valence-corrected chi connectivity index (χ1v) is 8.50. The Morgan fingerprint density at radius 1 is 1.00 bits per heavy atom. The van der Waals surface area contributed by atoms with Crippen molar-refractivity contribution in [3.05, 3.63) is 66.5 Å². The van der Waals surface area contributed by atoms with Crippen LogP contribution in [0.3, 0.4) is 0 Å². The summed E-state index contributed by atoms with van der Waals surface area (Å²) in [6.45, 7) is 4.31. The zero-order valence-corrected chi connectivity index (χ0v) is 14.7. The van der Waals surface area contributed by atoms with Crippen LogP contribution < -0.4 is 5.32 Å². The standard InChI is InChI=1S/C21H21N3O/c1-14(2)24-12-10-17-18(5-4-6-19(17)24)22-21(25)16-8-7-15-9-11-23(3)20(15)13-16/h4-14H,1-3H3,(H,22,25). The maximum atomic E-state index is 12.7. The van der Waals surface area contributed by atoms with Crippen LogP contribution in [0.4, 0.5) is 5.69 Å². The topological polar surface area (TPSA) is 39.0 Å². The molecule has 0 aliphatic carbocycles. The SMILES string of the molecule is CC(C)n1ccc2c(NC(=O)c3ccc4ccn(C)c4c3)cccc21. The summed E-state index contributed by atoms with van der Waals surface area (Å²) < 4.78 is 4.23. The average Bonchev–Trinajstić information content (AvgIpc) is 3.19. The first kappa shape index (κ1) is 15.5. The van der Waals surface area contributed by atoms with Gasteiger partial charge in [-0.05, 0) is 55.6 Å². The number of hydrogen-bond donors (Lipinski definition) is 1. The summed E-state index contributed by atoms with van der Waals surface area (Å²) >= 11 is 0. The highest BCUT2D eigenvalue weighted by atomic mass is 16.1. The van der Waals surface area contributed by atoms with Crippen molar-refractivity contribution in [1.29, 1.82) is 0 Å². The monoisotopic (exact) mass is 331 g/mol. The van der Waals surface area contributed by atoms with E-state index in [0.717, 1.165) is 27.5 Å². The summed E-state index contributed by atoms with van der Waals surface area (Å²) in [6.07, 6.45) is 4.07. The molecule has 0 fully saturated rings. The molecule has 0 bridgehead atoms. The number of rotatable bonds is 3. The van der Waals surface area contributed by atoms with Gasteiger partial charge in [-0.15, -0.1) is 0 Å². The minimum absolute atomic E-state index is 0.0899. The van der Waals surface area contributed by atoms with Crippen molar-refractivity contribution in [2.45, 2.75) is 19.9 Å². The maximum absolute atomic E-state index is 12.7. The molecule has 0 aliphatic rings. The lowest BCUT2D eigenvalue weighted by Crippen LogP contribution is -2.12. The lowest BCUT2D eigenvalue weighted by molar-refractivity contribution is 0.102. The van der Waals surface area contributed by atoms with Crippen molar-refractivity contribution >= 4 is 33.4 Å². The number of aromatic nitrogens is 2. The van der Waals surface area contributed by atoms with Crippen LogP contribution in [0.15, 0.2) is 60.9 Å². The van der Waals surface area contributed by atoms with E-state index in [0.29, 0.717) is 11.6 Å². The number of aryl methyl sites for hydroxylation is 1. The van der Waals surface area contributed by atoms with Gasteiger partial charge in [0.15, 0.2) is 0 Å². The molecule has 4 aromatic rings. The van der Waals surface area contributed by atoms with Gasteiger partial charge in [-0.25, -0.2) is 0 Å². The van der Waals surface area contributed by atoms with Gasteiger partial charge in [-0.2, -0.15) is 0 Å². The van der Waals surface area contributed by atoms with E-state index >= 15 is 0 Å². The summed E-state index contributed by atoms with van der Waals surface area (Å²) in [4.78, 5) is 12.7. The molecule has 1 amide bonds. The predicted octanol–water partition coefficient (Wildman–Crippen LogP) is 4.97. The maximum Gasteiger partial charge on any atom is 0.255 e. The molecule has 0 unspecified atom stereocenters. The molecule has 0 saturated carbocycles. The summed E-state index contributed by atoms with van der Waals surface area (Å²) in [5.41, 5.74) is 3.69. The largest absolute Gasteiger partial charge is 0.351 e. The number of benzene rings is 2. The van der Waals surface area contributed by atoms with E-state index in [1.54, 1.807) is 0 Å². The van der Waals surface area contributed by atoms with Gasteiger partial charge >= 0.3 is 0 Å². The second kappa shape index (κ2) is 5.81. The van der Waals surface area contributed by atoms with Crippen LogP contribution in [0.2, 0.25) is 0 Å². The highest BCUT2D eigenvalue weighted by Crippen LogP contribution is 2.27. The number of hydrogen-bond acceptors (Lipinski definition) is 1. The molecule has 0 saturated heterocycles. The molecule has 2 heterocycles.